The Morgan fingerprint density at radius 3 is 2.53 bits per heavy atom. The van der Waals surface area contributed by atoms with Gasteiger partial charge in [-0.15, -0.1) is 0 Å². The first-order chi connectivity index (χ1) is 16.5. The van der Waals surface area contributed by atoms with E-state index in [1.807, 2.05) is 6.92 Å². The fourth-order valence-corrected chi connectivity index (χ4v) is 3.39. The Hall–Kier alpha value is -4.10. The Morgan fingerprint density at radius 2 is 1.82 bits per heavy atom. The molecule has 0 fully saturated rings. The number of aliphatic imine (C=N–C) groups is 1. The van der Waals surface area contributed by atoms with E-state index in [1.54, 1.807) is 79.9 Å². The molecule has 0 amide bonds. The van der Waals surface area contributed by atoms with E-state index in [4.69, 9.17) is 30.5 Å². The maximum absolute atomic E-state index is 12.6. The Labute approximate surface area is 201 Å². The highest BCUT2D eigenvalue weighted by Crippen LogP contribution is 2.31. The minimum atomic E-state index is -0.595. The van der Waals surface area contributed by atoms with E-state index >= 15 is 0 Å². The fourth-order valence-electron chi connectivity index (χ4n) is 3.17. The van der Waals surface area contributed by atoms with Crippen molar-refractivity contribution in [2.45, 2.75) is 6.92 Å². The SMILES string of the molecule is CCOc1cc(/C=C2\N=C(c3ccccc3Cl)OC2=O)ccc1OC(=O)c1ccc(OC)cc1. The average Bonchev–Trinajstić information content (AvgIpc) is 3.20. The van der Waals surface area contributed by atoms with Crippen molar-refractivity contribution in [3.05, 3.63) is 94.1 Å². The zero-order valence-electron chi connectivity index (χ0n) is 18.4. The Kier molecular flexibility index (Phi) is 6.94. The Morgan fingerprint density at radius 1 is 1.06 bits per heavy atom. The fraction of sp³-hybridized carbons (Fsp3) is 0.115. The molecule has 0 atom stereocenters. The highest BCUT2D eigenvalue weighted by Gasteiger charge is 2.25. The molecule has 172 valence electrons. The van der Waals surface area contributed by atoms with Crippen LogP contribution in [0.5, 0.6) is 17.2 Å². The van der Waals surface area contributed by atoms with Crippen LogP contribution in [-0.2, 0) is 9.53 Å². The topological polar surface area (TPSA) is 83.4 Å². The first-order valence-corrected chi connectivity index (χ1v) is 10.8. The predicted octanol–water partition coefficient (Wildman–Crippen LogP) is 5.31. The molecule has 0 unspecified atom stereocenters. The summed E-state index contributed by atoms with van der Waals surface area (Å²) >= 11 is 6.18. The minimum Gasteiger partial charge on any atom is -0.497 e. The van der Waals surface area contributed by atoms with Gasteiger partial charge in [0.05, 0.1) is 29.9 Å². The number of hydrogen-bond acceptors (Lipinski definition) is 7. The lowest BCUT2D eigenvalue weighted by molar-refractivity contribution is -0.129. The summed E-state index contributed by atoms with van der Waals surface area (Å²) < 4.78 is 21.6. The smallest absolute Gasteiger partial charge is 0.363 e. The van der Waals surface area contributed by atoms with Gasteiger partial charge >= 0.3 is 11.9 Å². The zero-order chi connectivity index (χ0) is 24.1. The maximum Gasteiger partial charge on any atom is 0.363 e. The van der Waals surface area contributed by atoms with Gasteiger partial charge < -0.3 is 18.9 Å². The summed E-state index contributed by atoms with van der Waals surface area (Å²) in [7, 11) is 1.55. The van der Waals surface area contributed by atoms with Crippen molar-refractivity contribution in [2.24, 2.45) is 4.99 Å². The van der Waals surface area contributed by atoms with Crippen molar-refractivity contribution in [1.29, 1.82) is 0 Å². The first-order valence-electron chi connectivity index (χ1n) is 10.4. The number of esters is 2. The van der Waals surface area contributed by atoms with Crippen molar-refractivity contribution in [2.75, 3.05) is 13.7 Å². The number of hydrogen-bond donors (Lipinski definition) is 0. The number of carbonyl (C=O) groups is 2. The summed E-state index contributed by atoms with van der Waals surface area (Å²) in [5.74, 6) is 0.233. The van der Waals surface area contributed by atoms with Crippen LogP contribution in [0.2, 0.25) is 5.02 Å². The molecule has 8 heteroatoms. The van der Waals surface area contributed by atoms with Crippen molar-refractivity contribution < 1.29 is 28.5 Å². The number of benzene rings is 3. The van der Waals surface area contributed by atoms with Gasteiger partial charge in [0.2, 0.25) is 5.90 Å². The largest absolute Gasteiger partial charge is 0.497 e. The molecule has 0 N–H and O–H groups in total. The molecule has 0 aliphatic carbocycles. The summed E-state index contributed by atoms with van der Waals surface area (Å²) in [6, 6.07) is 18.5. The van der Waals surface area contributed by atoms with Gasteiger partial charge in [-0.05, 0) is 67.1 Å². The third-order valence-electron chi connectivity index (χ3n) is 4.82. The van der Waals surface area contributed by atoms with Crippen molar-refractivity contribution in [3.8, 4) is 17.2 Å². The highest BCUT2D eigenvalue weighted by atomic mass is 35.5. The van der Waals surface area contributed by atoms with Crippen molar-refractivity contribution >= 4 is 35.5 Å². The molecule has 34 heavy (non-hydrogen) atoms. The summed E-state index contributed by atoms with van der Waals surface area (Å²) in [5.41, 5.74) is 1.62. The zero-order valence-corrected chi connectivity index (χ0v) is 19.2. The monoisotopic (exact) mass is 477 g/mol. The molecule has 1 heterocycles. The molecule has 3 aromatic carbocycles. The third kappa shape index (κ3) is 5.10. The number of rotatable bonds is 7. The van der Waals surface area contributed by atoms with Gasteiger partial charge in [0, 0.05) is 0 Å². The van der Waals surface area contributed by atoms with E-state index in [1.165, 1.54) is 0 Å². The summed E-state index contributed by atoms with van der Waals surface area (Å²) in [4.78, 5) is 29.2. The lowest BCUT2D eigenvalue weighted by Crippen LogP contribution is -2.09. The van der Waals surface area contributed by atoms with Crippen LogP contribution in [0.4, 0.5) is 0 Å². The van der Waals surface area contributed by atoms with Gasteiger partial charge in [-0.1, -0.05) is 29.8 Å². The van der Waals surface area contributed by atoms with E-state index in [-0.39, 0.29) is 17.3 Å². The number of carbonyl (C=O) groups excluding carboxylic acids is 2. The Balaban J connectivity index is 1.58. The van der Waals surface area contributed by atoms with Gasteiger partial charge in [0.15, 0.2) is 17.2 Å². The molecule has 0 spiro atoms. The van der Waals surface area contributed by atoms with E-state index in [9.17, 15) is 9.59 Å². The molecule has 0 saturated heterocycles. The average molecular weight is 478 g/mol. The number of cyclic esters (lactones) is 1. The molecule has 0 radical (unpaired) electrons. The second kappa shape index (κ2) is 10.2. The third-order valence-corrected chi connectivity index (χ3v) is 5.15. The molecule has 0 bridgehead atoms. The number of methoxy groups -OCH3 is 1. The van der Waals surface area contributed by atoms with Crippen LogP contribution in [0.15, 0.2) is 77.4 Å². The van der Waals surface area contributed by atoms with E-state index in [2.05, 4.69) is 4.99 Å². The molecule has 1 aliphatic heterocycles. The molecule has 0 aromatic heterocycles. The lowest BCUT2D eigenvalue weighted by Gasteiger charge is -2.11. The number of ether oxygens (including phenoxy) is 4. The van der Waals surface area contributed by atoms with Crippen molar-refractivity contribution in [1.82, 2.24) is 0 Å². The van der Waals surface area contributed by atoms with Crippen molar-refractivity contribution in [3.63, 3.8) is 0 Å². The normalized spacial score (nSPS) is 13.9. The number of nitrogens with zero attached hydrogens (tertiary/aromatic N) is 1. The molecule has 4 rings (SSSR count). The van der Waals surface area contributed by atoms with Crippen LogP contribution < -0.4 is 14.2 Å². The van der Waals surface area contributed by atoms with Crippen LogP contribution in [0.3, 0.4) is 0 Å². The van der Waals surface area contributed by atoms with Crippen LogP contribution in [-0.4, -0.2) is 31.6 Å². The second-order valence-electron chi connectivity index (χ2n) is 7.07. The standard InChI is InChI=1S/C26H20ClNO6/c1-3-32-23-15-16(8-13-22(23)33-25(29)17-9-11-18(31-2)12-10-17)14-21-26(30)34-24(28-21)19-6-4-5-7-20(19)27/h4-15H,3H2,1-2H3/b21-14-. The van der Waals surface area contributed by atoms with E-state index in [0.717, 1.165) is 0 Å². The van der Waals surface area contributed by atoms with Gasteiger partial charge in [-0.3, -0.25) is 0 Å². The predicted molar refractivity (Wildman–Crippen MR) is 128 cm³/mol. The van der Waals surface area contributed by atoms with Gasteiger partial charge in [-0.2, -0.15) is 0 Å². The first kappa shape index (κ1) is 23.1. The van der Waals surface area contributed by atoms with Crippen LogP contribution >= 0.6 is 11.6 Å². The van der Waals surface area contributed by atoms with Gasteiger partial charge in [0.25, 0.3) is 0 Å². The van der Waals surface area contributed by atoms with E-state index in [0.29, 0.717) is 39.8 Å². The van der Waals surface area contributed by atoms with Gasteiger partial charge in [-0.25, -0.2) is 14.6 Å². The minimum absolute atomic E-state index is 0.111. The van der Waals surface area contributed by atoms with Crippen LogP contribution in [0, 0.1) is 0 Å². The Bertz CT molecular complexity index is 1300. The summed E-state index contributed by atoms with van der Waals surface area (Å²) in [6.45, 7) is 2.17. The molecule has 7 nitrogen and oxygen atoms in total. The lowest BCUT2D eigenvalue weighted by atomic mass is 10.1. The van der Waals surface area contributed by atoms with E-state index < -0.39 is 11.9 Å². The quantitative estimate of drug-likeness (QED) is 0.260. The van der Waals surface area contributed by atoms with Crippen LogP contribution in [0.25, 0.3) is 6.08 Å². The maximum atomic E-state index is 12.6. The van der Waals surface area contributed by atoms with Crippen LogP contribution in [0.1, 0.15) is 28.4 Å². The number of halogens is 1. The second-order valence-corrected chi connectivity index (χ2v) is 7.48. The summed E-state index contributed by atoms with van der Waals surface area (Å²) in [5, 5.41) is 0.428. The van der Waals surface area contributed by atoms with Gasteiger partial charge in [0.1, 0.15) is 5.75 Å². The molecular weight excluding hydrogens is 458 g/mol. The summed E-state index contributed by atoms with van der Waals surface area (Å²) in [6.07, 6.45) is 1.56. The molecule has 1 aliphatic rings. The highest BCUT2D eigenvalue weighted by molar-refractivity contribution is 6.34. The molecular formula is C26H20ClNO6. The molecule has 0 saturated carbocycles. The molecule has 3 aromatic rings.